The first-order valence-corrected chi connectivity index (χ1v) is 6.68. The second-order valence-corrected chi connectivity index (χ2v) is 4.83. The van der Waals surface area contributed by atoms with Gasteiger partial charge in [0.1, 0.15) is 6.10 Å². The molecular formula is C15H17F2NO3. The summed E-state index contributed by atoms with van der Waals surface area (Å²) < 4.78 is 31.3. The fourth-order valence-corrected chi connectivity index (χ4v) is 2.50. The second kappa shape index (κ2) is 6.67. The highest BCUT2D eigenvalue weighted by Crippen LogP contribution is 2.29. The van der Waals surface area contributed by atoms with Gasteiger partial charge < -0.3 is 9.64 Å². The van der Waals surface area contributed by atoms with Gasteiger partial charge in [0, 0.05) is 18.7 Å². The zero-order chi connectivity index (χ0) is 15.4. The molecule has 0 N–H and O–H groups in total. The van der Waals surface area contributed by atoms with Crippen molar-refractivity contribution < 1.29 is 23.4 Å². The van der Waals surface area contributed by atoms with Crippen molar-refractivity contribution in [2.75, 3.05) is 25.1 Å². The van der Waals surface area contributed by atoms with Crippen LogP contribution in [0.2, 0.25) is 0 Å². The average Bonchev–Trinajstić information content (AvgIpc) is 2.54. The molecule has 0 bridgehead atoms. The van der Waals surface area contributed by atoms with Crippen LogP contribution in [0.15, 0.2) is 18.7 Å². The van der Waals surface area contributed by atoms with Gasteiger partial charge in [0.2, 0.25) is 0 Å². The minimum absolute atomic E-state index is 0.114. The van der Waals surface area contributed by atoms with Gasteiger partial charge in [-0.25, -0.2) is 9.18 Å². The molecule has 0 atom stereocenters. The fraction of sp³-hybridized carbons (Fsp3) is 0.400. The number of nitrogens with zero attached hydrogens (tertiary/aromatic N) is 1. The highest BCUT2D eigenvalue weighted by molar-refractivity contribution is 5.94. The number of esters is 1. The molecule has 1 saturated heterocycles. The van der Waals surface area contributed by atoms with Gasteiger partial charge in [0.25, 0.3) is 0 Å². The van der Waals surface area contributed by atoms with Crippen molar-refractivity contribution in [3.63, 3.8) is 0 Å². The van der Waals surface area contributed by atoms with E-state index < -0.39 is 17.9 Å². The molecule has 21 heavy (non-hydrogen) atoms. The molecule has 0 aromatic heterocycles. The van der Waals surface area contributed by atoms with Gasteiger partial charge in [-0.15, -0.1) is 0 Å². The van der Waals surface area contributed by atoms with Crippen LogP contribution in [-0.4, -0.2) is 32.3 Å². The first kappa shape index (κ1) is 15.4. The Kier molecular flexibility index (Phi) is 4.90. The lowest BCUT2D eigenvalue weighted by Crippen LogP contribution is -2.36. The van der Waals surface area contributed by atoms with E-state index in [0.29, 0.717) is 31.6 Å². The van der Waals surface area contributed by atoms with Crippen LogP contribution in [0.25, 0.3) is 6.08 Å². The molecule has 1 aromatic carbocycles. The van der Waals surface area contributed by atoms with Gasteiger partial charge >= 0.3 is 5.97 Å². The largest absolute Gasteiger partial charge is 0.465 e. The Hall–Kier alpha value is -1.95. The number of carbonyl (C=O) groups excluding carboxylic acids is 1. The molecule has 0 unspecified atom stereocenters. The molecule has 0 amide bonds. The van der Waals surface area contributed by atoms with Crippen molar-refractivity contribution in [1.82, 2.24) is 0 Å². The van der Waals surface area contributed by atoms with E-state index in [0.717, 1.165) is 0 Å². The summed E-state index contributed by atoms with van der Waals surface area (Å²) in [4.78, 5) is 17.2. The van der Waals surface area contributed by atoms with Crippen molar-refractivity contribution in [1.29, 1.82) is 0 Å². The van der Waals surface area contributed by atoms with E-state index in [2.05, 4.69) is 16.3 Å². The molecule has 4 nitrogen and oxygen atoms in total. The lowest BCUT2D eigenvalue weighted by molar-refractivity contribution is -0.183. The molecule has 6 heteroatoms. The molecule has 0 saturated carbocycles. The predicted molar refractivity (Wildman–Crippen MR) is 75.3 cm³/mol. The number of piperidine rings is 1. The Morgan fingerprint density at radius 2 is 2.10 bits per heavy atom. The highest BCUT2D eigenvalue weighted by atomic mass is 19.3. The first-order chi connectivity index (χ1) is 10.1. The van der Waals surface area contributed by atoms with Crippen LogP contribution in [0.4, 0.5) is 14.6 Å². The topological polar surface area (TPSA) is 38.8 Å². The number of ether oxygens (including phenoxy) is 1. The molecule has 0 aliphatic carbocycles. The summed E-state index contributed by atoms with van der Waals surface area (Å²) in [6, 6.07) is 3.05. The van der Waals surface area contributed by atoms with Gasteiger partial charge in [-0.05, 0) is 29.5 Å². The van der Waals surface area contributed by atoms with Crippen LogP contribution < -0.4 is 4.90 Å². The average molecular weight is 297 g/mol. The summed E-state index contributed by atoms with van der Waals surface area (Å²) in [5.74, 6) is -1.13. The van der Waals surface area contributed by atoms with E-state index >= 15 is 0 Å². The summed E-state index contributed by atoms with van der Waals surface area (Å²) in [5.41, 5.74) is 0.619. The molecule has 0 radical (unpaired) electrons. The summed E-state index contributed by atoms with van der Waals surface area (Å²) in [6.07, 6.45) is 1.83. The fourth-order valence-electron chi connectivity index (χ4n) is 2.50. The molecule has 0 spiro atoms. The van der Waals surface area contributed by atoms with Crippen LogP contribution in [0.3, 0.4) is 0 Å². The van der Waals surface area contributed by atoms with Crippen LogP contribution in [0, 0.1) is 5.82 Å². The molecule has 114 valence electrons. The quantitative estimate of drug-likeness (QED) is 0.800. The SMILES string of the molecule is C=Cc1c(C(=O)OC)ccc(N2CCC(OF)CC2)c1F. The number of hydrogen-bond acceptors (Lipinski definition) is 4. The van der Waals surface area contributed by atoms with Gasteiger partial charge in [0.15, 0.2) is 5.82 Å². The van der Waals surface area contributed by atoms with Crippen molar-refractivity contribution in [3.8, 4) is 0 Å². The van der Waals surface area contributed by atoms with Crippen molar-refractivity contribution in [3.05, 3.63) is 35.7 Å². The molecule has 1 aromatic rings. The van der Waals surface area contributed by atoms with E-state index in [1.165, 1.54) is 25.3 Å². The van der Waals surface area contributed by atoms with Crippen LogP contribution >= 0.6 is 0 Å². The molecule has 1 heterocycles. The third-order valence-electron chi connectivity index (χ3n) is 3.68. The third kappa shape index (κ3) is 3.05. The van der Waals surface area contributed by atoms with E-state index in [4.69, 9.17) is 0 Å². The van der Waals surface area contributed by atoms with E-state index in [1.807, 2.05) is 0 Å². The minimum Gasteiger partial charge on any atom is -0.465 e. The Labute approximate surface area is 121 Å². The molecule has 1 fully saturated rings. The summed E-state index contributed by atoms with van der Waals surface area (Å²) in [7, 11) is 1.24. The number of hydrogen-bond donors (Lipinski definition) is 0. The number of benzene rings is 1. The lowest BCUT2D eigenvalue weighted by Gasteiger charge is -2.32. The van der Waals surface area contributed by atoms with Crippen LogP contribution in [-0.2, 0) is 9.68 Å². The van der Waals surface area contributed by atoms with E-state index in [9.17, 15) is 13.7 Å². The number of anilines is 1. The van der Waals surface area contributed by atoms with Gasteiger partial charge in [0.05, 0.1) is 18.4 Å². The monoisotopic (exact) mass is 297 g/mol. The Morgan fingerprint density at radius 1 is 1.43 bits per heavy atom. The Bertz CT molecular complexity index is 540. The molecule has 1 aliphatic rings. The Balaban J connectivity index is 2.30. The normalized spacial score (nSPS) is 15.9. The summed E-state index contributed by atoms with van der Waals surface area (Å²) in [5, 5.41) is 0. The van der Waals surface area contributed by atoms with Crippen LogP contribution in [0.1, 0.15) is 28.8 Å². The van der Waals surface area contributed by atoms with E-state index in [1.54, 1.807) is 4.90 Å². The maximum atomic E-state index is 14.6. The second-order valence-electron chi connectivity index (χ2n) is 4.83. The minimum atomic E-state index is -0.611. The Morgan fingerprint density at radius 3 is 2.62 bits per heavy atom. The zero-order valence-corrected chi connectivity index (χ0v) is 11.8. The van der Waals surface area contributed by atoms with E-state index in [-0.39, 0.29) is 11.1 Å². The highest BCUT2D eigenvalue weighted by Gasteiger charge is 2.25. The summed E-state index contributed by atoms with van der Waals surface area (Å²) >= 11 is 0. The maximum Gasteiger partial charge on any atom is 0.338 e. The van der Waals surface area contributed by atoms with Crippen molar-refractivity contribution >= 4 is 17.7 Å². The lowest BCUT2D eigenvalue weighted by atomic mass is 10.0. The van der Waals surface area contributed by atoms with Gasteiger partial charge in [-0.3, -0.25) is 0 Å². The van der Waals surface area contributed by atoms with Gasteiger partial charge in [-0.1, -0.05) is 12.7 Å². The smallest absolute Gasteiger partial charge is 0.338 e. The molecule has 1 aliphatic heterocycles. The number of halogens is 2. The van der Waals surface area contributed by atoms with Gasteiger partial charge in [-0.2, -0.15) is 4.94 Å². The summed E-state index contributed by atoms with van der Waals surface area (Å²) in [6.45, 7) is 4.52. The zero-order valence-electron chi connectivity index (χ0n) is 11.8. The number of methoxy groups -OCH3 is 1. The number of carbonyl (C=O) groups is 1. The predicted octanol–water partition coefficient (Wildman–Crippen LogP) is 3.13. The maximum absolute atomic E-state index is 14.6. The van der Waals surface area contributed by atoms with Crippen LogP contribution in [0.5, 0.6) is 0 Å². The van der Waals surface area contributed by atoms with Crippen molar-refractivity contribution in [2.24, 2.45) is 0 Å². The number of rotatable bonds is 4. The standard InChI is InChI=1S/C15H17F2NO3/c1-3-11-12(15(19)20-2)4-5-13(14(11)16)18-8-6-10(21-17)7-9-18/h3-5,10H,1,6-9H2,2H3. The van der Waals surface area contributed by atoms with Crippen molar-refractivity contribution in [2.45, 2.75) is 18.9 Å². The third-order valence-corrected chi connectivity index (χ3v) is 3.68. The molecular weight excluding hydrogens is 280 g/mol. The first-order valence-electron chi connectivity index (χ1n) is 6.68. The molecule has 2 rings (SSSR count).